The summed E-state index contributed by atoms with van der Waals surface area (Å²) < 4.78 is 0. The van der Waals surface area contributed by atoms with E-state index in [0.717, 1.165) is 23.4 Å². The number of hydrogen-bond donors (Lipinski definition) is 3. The standard InChI is InChI=1S/C13H21N3O/c1-4-7-15-13(17)10(3)16-12-6-5-11(14)8-9(12)2/h5-6,8,10,16H,4,7,14H2,1-3H3,(H,15,17). The Hall–Kier alpha value is -1.71. The van der Waals surface area contributed by atoms with Crippen molar-refractivity contribution in [2.75, 3.05) is 17.6 Å². The van der Waals surface area contributed by atoms with Gasteiger partial charge in [-0.3, -0.25) is 4.79 Å². The molecule has 1 amide bonds. The van der Waals surface area contributed by atoms with Crippen molar-refractivity contribution >= 4 is 17.3 Å². The number of anilines is 2. The molecule has 0 heterocycles. The Labute approximate surface area is 103 Å². The van der Waals surface area contributed by atoms with Crippen LogP contribution < -0.4 is 16.4 Å². The third-order valence-corrected chi connectivity index (χ3v) is 2.56. The average molecular weight is 235 g/mol. The van der Waals surface area contributed by atoms with E-state index in [1.165, 1.54) is 0 Å². The Kier molecular flexibility index (Phi) is 4.82. The van der Waals surface area contributed by atoms with E-state index in [0.29, 0.717) is 6.54 Å². The van der Waals surface area contributed by atoms with Crippen LogP contribution in [0.3, 0.4) is 0 Å². The summed E-state index contributed by atoms with van der Waals surface area (Å²) >= 11 is 0. The first-order valence-electron chi connectivity index (χ1n) is 5.95. The summed E-state index contributed by atoms with van der Waals surface area (Å²) in [5.74, 6) is 0.0167. The van der Waals surface area contributed by atoms with Crippen molar-refractivity contribution in [1.82, 2.24) is 5.32 Å². The van der Waals surface area contributed by atoms with Gasteiger partial charge in [-0.05, 0) is 44.0 Å². The molecule has 0 radical (unpaired) electrons. The van der Waals surface area contributed by atoms with Crippen LogP contribution in [0.5, 0.6) is 0 Å². The van der Waals surface area contributed by atoms with Crippen molar-refractivity contribution < 1.29 is 4.79 Å². The molecule has 1 aromatic carbocycles. The first-order valence-corrected chi connectivity index (χ1v) is 5.95. The van der Waals surface area contributed by atoms with Gasteiger partial charge in [0.15, 0.2) is 0 Å². The van der Waals surface area contributed by atoms with E-state index in [9.17, 15) is 4.79 Å². The highest BCUT2D eigenvalue weighted by Crippen LogP contribution is 2.18. The highest BCUT2D eigenvalue weighted by Gasteiger charge is 2.12. The monoisotopic (exact) mass is 235 g/mol. The molecule has 94 valence electrons. The highest BCUT2D eigenvalue weighted by molar-refractivity contribution is 5.84. The molecule has 0 aliphatic carbocycles. The Morgan fingerprint density at radius 2 is 2.18 bits per heavy atom. The maximum Gasteiger partial charge on any atom is 0.242 e. The van der Waals surface area contributed by atoms with Crippen molar-refractivity contribution in [3.05, 3.63) is 23.8 Å². The van der Waals surface area contributed by atoms with Gasteiger partial charge in [-0.1, -0.05) is 6.92 Å². The molecule has 1 rings (SSSR count). The molecule has 4 N–H and O–H groups in total. The van der Waals surface area contributed by atoms with Crippen LogP contribution in [0.2, 0.25) is 0 Å². The second kappa shape index (κ2) is 6.13. The van der Waals surface area contributed by atoms with Crippen LogP contribution in [0.1, 0.15) is 25.8 Å². The maximum absolute atomic E-state index is 11.7. The van der Waals surface area contributed by atoms with Gasteiger partial charge in [0.1, 0.15) is 6.04 Å². The largest absolute Gasteiger partial charge is 0.399 e. The number of hydrogen-bond acceptors (Lipinski definition) is 3. The molecule has 17 heavy (non-hydrogen) atoms. The minimum atomic E-state index is -0.246. The zero-order valence-corrected chi connectivity index (χ0v) is 10.7. The van der Waals surface area contributed by atoms with Crippen molar-refractivity contribution in [1.29, 1.82) is 0 Å². The lowest BCUT2D eigenvalue weighted by molar-refractivity contribution is -0.121. The fourth-order valence-electron chi connectivity index (χ4n) is 1.55. The zero-order chi connectivity index (χ0) is 12.8. The van der Waals surface area contributed by atoms with E-state index in [-0.39, 0.29) is 11.9 Å². The number of nitrogens with two attached hydrogens (primary N) is 1. The number of aryl methyl sites for hydroxylation is 1. The maximum atomic E-state index is 11.7. The first kappa shape index (κ1) is 13.4. The van der Waals surface area contributed by atoms with Gasteiger partial charge >= 0.3 is 0 Å². The summed E-state index contributed by atoms with van der Waals surface area (Å²) in [7, 11) is 0. The Morgan fingerprint density at radius 1 is 1.47 bits per heavy atom. The molecule has 0 spiro atoms. The lowest BCUT2D eigenvalue weighted by atomic mass is 10.1. The number of carbonyl (C=O) groups excluding carboxylic acids is 1. The molecule has 1 unspecified atom stereocenters. The number of carbonyl (C=O) groups is 1. The van der Waals surface area contributed by atoms with Crippen molar-refractivity contribution in [3.63, 3.8) is 0 Å². The van der Waals surface area contributed by atoms with Crippen LogP contribution in [0.25, 0.3) is 0 Å². The second-order valence-corrected chi connectivity index (χ2v) is 4.23. The van der Waals surface area contributed by atoms with Crippen LogP contribution in [0.4, 0.5) is 11.4 Å². The number of rotatable bonds is 5. The van der Waals surface area contributed by atoms with Crippen molar-refractivity contribution in [2.24, 2.45) is 0 Å². The Morgan fingerprint density at radius 3 is 2.76 bits per heavy atom. The van der Waals surface area contributed by atoms with Crippen LogP contribution in [0.15, 0.2) is 18.2 Å². The van der Waals surface area contributed by atoms with E-state index < -0.39 is 0 Å². The van der Waals surface area contributed by atoms with Gasteiger partial charge in [-0.2, -0.15) is 0 Å². The predicted octanol–water partition coefficient (Wildman–Crippen LogP) is 1.90. The third kappa shape index (κ3) is 3.98. The summed E-state index contributed by atoms with van der Waals surface area (Å²) in [5.41, 5.74) is 8.39. The molecule has 0 aliphatic heterocycles. The SMILES string of the molecule is CCCNC(=O)C(C)Nc1ccc(N)cc1C. The summed E-state index contributed by atoms with van der Waals surface area (Å²) in [6.07, 6.45) is 0.944. The summed E-state index contributed by atoms with van der Waals surface area (Å²) in [4.78, 5) is 11.7. The van der Waals surface area contributed by atoms with Gasteiger partial charge in [0.05, 0.1) is 0 Å². The molecule has 4 nitrogen and oxygen atoms in total. The van der Waals surface area contributed by atoms with Gasteiger partial charge in [0.25, 0.3) is 0 Å². The molecule has 0 aliphatic rings. The van der Waals surface area contributed by atoms with Crippen LogP contribution in [-0.2, 0) is 4.79 Å². The number of benzene rings is 1. The smallest absolute Gasteiger partial charge is 0.242 e. The van der Waals surface area contributed by atoms with Crippen molar-refractivity contribution in [3.8, 4) is 0 Å². The molecule has 0 bridgehead atoms. The van der Waals surface area contributed by atoms with Crippen LogP contribution >= 0.6 is 0 Å². The number of amides is 1. The number of nitrogen functional groups attached to an aromatic ring is 1. The third-order valence-electron chi connectivity index (χ3n) is 2.56. The fourth-order valence-corrected chi connectivity index (χ4v) is 1.55. The fraction of sp³-hybridized carbons (Fsp3) is 0.462. The lowest BCUT2D eigenvalue weighted by Crippen LogP contribution is -2.38. The van der Waals surface area contributed by atoms with Crippen molar-refractivity contribution in [2.45, 2.75) is 33.2 Å². The predicted molar refractivity (Wildman–Crippen MR) is 72.0 cm³/mol. The Bertz CT molecular complexity index is 390. The van der Waals surface area contributed by atoms with Gasteiger partial charge in [-0.25, -0.2) is 0 Å². The van der Waals surface area contributed by atoms with E-state index in [1.54, 1.807) is 0 Å². The molecule has 1 atom stereocenters. The molecule has 0 aromatic heterocycles. The number of nitrogens with one attached hydrogen (secondary N) is 2. The van der Waals surface area contributed by atoms with Crippen LogP contribution in [-0.4, -0.2) is 18.5 Å². The quantitative estimate of drug-likeness (QED) is 0.683. The van der Waals surface area contributed by atoms with Gasteiger partial charge in [0, 0.05) is 17.9 Å². The first-order chi connectivity index (χ1) is 8.04. The molecular weight excluding hydrogens is 214 g/mol. The van der Waals surface area contributed by atoms with E-state index in [4.69, 9.17) is 5.73 Å². The normalized spacial score (nSPS) is 11.9. The molecule has 0 saturated carbocycles. The van der Waals surface area contributed by atoms with Gasteiger partial charge in [-0.15, -0.1) is 0 Å². The van der Waals surface area contributed by atoms with Gasteiger partial charge in [0.2, 0.25) is 5.91 Å². The molecular formula is C13H21N3O. The zero-order valence-electron chi connectivity index (χ0n) is 10.7. The summed E-state index contributed by atoms with van der Waals surface area (Å²) in [6.45, 7) is 6.56. The highest BCUT2D eigenvalue weighted by atomic mass is 16.2. The second-order valence-electron chi connectivity index (χ2n) is 4.23. The lowest BCUT2D eigenvalue weighted by Gasteiger charge is -2.16. The molecule has 0 saturated heterocycles. The Balaban J connectivity index is 2.61. The minimum absolute atomic E-state index is 0.0167. The molecule has 0 fully saturated rings. The van der Waals surface area contributed by atoms with E-state index in [1.807, 2.05) is 39.0 Å². The van der Waals surface area contributed by atoms with E-state index in [2.05, 4.69) is 10.6 Å². The van der Waals surface area contributed by atoms with Gasteiger partial charge < -0.3 is 16.4 Å². The topological polar surface area (TPSA) is 67.2 Å². The molecule has 4 heteroatoms. The summed E-state index contributed by atoms with van der Waals surface area (Å²) in [6, 6.07) is 5.36. The summed E-state index contributed by atoms with van der Waals surface area (Å²) in [5, 5.41) is 6.04. The molecule has 1 aromatic rings. The average Bonchev–Trinajstić information content (AvgIpc) is 2.29. The minimum Gasteiger partial charge on any atom is -0.399 e. The van der Waals surface area contributed by atoms with Crippen LogP contribution in [0, 0.1) is 6.92 Å². The van der Waals surface area contributed by atoms with E-state index >= 15 is 0 Å².